The molecule has 30 heavy (non-hydrogen) atoms. The lowest BCUT2D eigenvalue weighted by Gasteiger charge is -2.16. The SMILES string of the molecule is CC(NC(=O)COC(=O)CNC(=O)c1ccccc1F)c1cccc2ccccc12. The van der Waals surface area contributed by atoms with Crippen LogP contribution in [0, 0.1) is 5.82 Å². The molecule has 0 spiro atoms. The van der Waals surface area contributed by atoms with Crippen molar-refractivity contribution in [3.63, 3.8) is 0 Å². The summed E-state index contributed by atoms with van der Waals surface area (Å²) in [4.78, 5) is 35.8. The number of esters is 1. The highest BCUT2D eigenvalue weighted by Gasteiger charge is 2.15. The molecule has 0 aliphatic carbocycles. The van der Waals surface area contributed by atoms with Gasteiger partial charge in [0.05, 0.1) is 11.6 Å². The van der Waals surface area contributed by atoms with Gasteiger partial charge >= 0.3 is 5.97 Å². The van der Waals surface area contributed by atoms with Gasteiger partial charge in [-0.05, 0) is 35.4 Å². The van der Waals surface area contributed by atoms with E-state index in [1.807, 2.05) is 49.4 Å². The molecule has 1 unspecified atom stereocenters. The average molecular weight is 408 g/mol. The van der Waals surface area contributed by atoms with Gasteiger partial charge in [0.1, 0.15) is 12.4 Å². The van der Waals surface area contributed by atoms with Crippen molar-refractivity contribution in [2.75, 3.05) is 13.2 Å². The third-order valence-electron chi connectivity index (χ3n) is 4.54. The zero-order valence-electron chi connectivity index (χ0n) is 16.4. The van der Waals surface area contributed by atoms with E-state index in [1.165, 1.54) is 18.2 Å². The Morgan fingerprint density at radius 1 is 0.967 bits per heavy atom. The molecule has 0 aliphatic heterocycles. The third kappa shape index (κ3) is 5.20. The first-order valence-electron chi connectivity index (χ1n) is 9.41. The molecular formula is C23H21FN2O4. The number of hydrogen-bond acceptors (Lipinski definition) is 4. The molecule has 0 aromatic heterocycles. The number of hydrogen-bond donors (Lipinski definition) is 2. The lowest BCUT2D eigenvalue weighted by Crippen LogP contribution is -2.35. The van der Waals surface area contributed by atoms with E-state index in [2.05, 4.69) is 10.6 Å². The van der Waals surface area contributed by atoms with Crippen molar-refractivity contribution in [1.82, 2.24) is 10.6 Å². The van der Waals surface area contributed by atoms with Crippen LogP contribution in [0.1, 0.15) is 28.9 Å². The van der Waals surface area contributed by atoms with Gasteiger partial charge in [-0.1, -0.05) is 54.6 Å². The smallest absolute Gasteiger partial charge is 0.325 e. The fraction of sp³-hybridized carbons (Fsp3) is 0.174. The summed E-state index contributed by atoms with van der Waals surface area (Å²) in [5.41, 5.74) is 0.775. The number of amides is 2. The molecule has 0 aliphatic rings. The first-order valence-corrected chi connectivity index (χ1v) is 9.41. The maximum Gasteiger partial charge on any atom is 0.325 e. The van der Waals surface area contributed by atoms with E-state index in [-0.39, 0.29) is 11.6 Å². The van der Waals surface area contributed by atoms with Crippen LogP contribution >= 0.6 is 0 Å². The molecule has 2 amide bonds. The van der Waals surface area contributed by atoms with Gasteiger partial charge in [-0.2, -0.15) is 0 Å². The van der Waals surface area contributed by atoms with E-state index in [0.717, 1.165) is 22.4 Å². The van der Waals surface area contributed by atoms with E-state index in [0.29, 0.717) is 0 Å². The Kier molecular flexibility index (Phi) is 6.75. The molecule has 6 nitrogen and oxygen atoms in total. The summed E-state index contributed by atoms with van der Waals surface area (Å²) in [6.45, 7) is 0.888. The van der Waals surface area contributed by atoms with Crippen molar-refractivity contribution in [2.24, 2.45) is 0 Å². The largest absolute Gasteiger partial charge is 0.454 e. The van der Waals surface area contributed by atoms with E-state index >= 15 is 0 Å². The zero-order chi connectivity index (χ0) is 21.5. The topological polar surface area (TPSA) is 84.5 Å². The average Bonchev–Trinajstić information content (AvgIpc) is 2.76. The van der Waals surface area contributed by atoms with E-state index in [4.69, 9.17) is 4.74 Å². The molecule has 2 N–H and O–H groups in total. The highest BCUT2D eigenvalue weighted by Crippen LogP contribution is 2.23. The monoisotopic (exact) mass is 408 g/mol. The Bertz CT molecular complexity index is 1080. The van der Waals surface area contributed by atoms with Gasteiger partial charge in [0, 0.05) is 0 Å². The molecule has 0 heterocycles. The Labute approximate surface area is 173 Å². The van der Waals surface area contributed by atoms with Crippen LogP contribution in [-0.2, 0) is 14.3 Å². The molecule has 0 saturated heterocycles. The van der Waals surface area contributed by atoms with Gasteiger partial charge in [0.2, 0.25) is 0 Å². The Morgan fingerprint density at radius 3 is 2.47 bits per heavy atom. The Morgan fingerprint density at radius 2 is 1.67 bits per heavy atom. The fourth-order valence-corrected chi connectivity index (χ4v) is 3.08. The van der Waals surface area contributed by atoms with E-state index in [1.54, 1.807) is 0 Å². The van der Waals surface area contributed by atoms with Gasteiger partial charge < -0.3 is 15.4 Å². The quantitative estimate of drug-likeness (QED) is 0.589. The predicted octanol–water partition coefficient (Wildman–Crippen LogP) is 3.13. The van der Waals surface area contributed by atoms with Crippen molar-refractivity contribution in [1.29, 1.82) is 0 Å². The summed E-state index contributed by atoms with van der Waals surface area (Å²) in [7, 11) is 0. The fourth-order valence-electron chi connectivity index (χ4n) is 3.08. The first-order chi connectivity index (χ1) is 14.5. The minimum Gasteiger partial charge on any atom is -0.454 e. The van der Waals surface area contributed by atoms with Crippen LogP contribution in [0.3, 0.4) is 0 Å². The van der Waals surface area contributed by atoms with E-state index in [9.17, 15) is 18.8 Å². The maximum atomic E-state index is 13.5. The molecule has 0 bridgehead atoms. The summed E-state index contributed by atoms with van der Waals surface area (Å²) in [5, 5.41) is 7.15. The van der Waals surface area contributed by atoms with Crippen molar-refractivity contribution in [2.45, 2.75) is 13.0 Å². The number of fused-ring (bicyclic) bond motifs is 1. The van der Waals surface area contributed by atoms with Crippen LogP contribution in [0.15, 0.2) is 66.7 Å². The van der Waals surface area contributed by atoms with Crippen LogP contribution in [-0.4, -0.2) is 30.9 Å². The molecule has 3 aromatic rings. The second-order valence-electron chi connectivity index (χ2n) is 6.68. The highest BCUT2D eigenvalue weighted by atomic mass is 19.1. The van der Waals surface area contributed by atoms with Crippen LogP contribution in [0.25, 0.3) is 10.8 Å². The lowest BCUT2D eigenvalue weighted by molar-refractivity contribution is -0.147. The number of carbonyl (C=O) groups excluding carboxylic acids is 3. The summed E-state index contributed by atoms with van der Waals surface area (Å²) in [6, 6.07) is 18.8. The third-order valence-corrected chi connectivity index (χ3v) is 4.54. The normalized spacial score (nSPS) is 11.5. The van der Waals surface area contributed by atoms with Crippen LogP contribution < -0.4 is 10.6 Å². The van der Waals surface area contributed by atoms with Crippen LogP contribution in [0.5, 0.6) is 0 Å². The molecular weight excluding hydrogens is 387 g/mol. The molecule has 154 valence electrons. The number of rotatable bonds is 7. The number of carbonyl (C=O) groups is 3. The molecule has 0 radical (unpaired) electrons. The second kappa shape index (κ2) is 9.65. The van der Waals surface area contributed by atoms with Gasteiger partial charge in [-0.3, -0.25) is 14.4 Å². The van der Waals surface area contributed by atoms with Crippen molar-refractivity contribution >= 4 is 28.6 Å². The molecule has 0 fully saturated rings. The number of ether oxygens (including phenoxy) is 1. The summed E-state index contributed by atoms with van der Waals surface area (Å²) in [5.74, 6) is -2.69. The van der Waals surface area contributed by atoms with E-state index < -0.39 is 36.8 Å². The molecule has 3 rings (SSSR count). The highest BCUT2D eigenvalue weighted by molar-refractivity contribution is 5.96. The van der Waals surface area contributed by atoms with Gasteiger partial charge in [0.25, 0.3) is 11.8 Å². The first kappa shape index (κ1) is 21.0. The molecule has 7 heteroatoms. The minimum absolute atomic E-state index is 0.174. The number of nitrogens with one attached hydrogen (secondary N) is 2. The standard InChI is InChI=1S/C23H21FN2O4/c1-15(17-11-6-8-16-7-2-3-9-18(16)17)26-21(27)14-30-22(28)13-25-23(29)19-10-4-5-12-20(19)24/h2-12,15H,13-14H2,1H3,(H,25,29)(H,26,27). The zero-order valence-corrected chi connectivity index (χ0v) is 16.4. The van der Waals surface area contributed by atoms with Crippen LogP contribution in [0.2, 0.25) is 0 Å². The predicted molar refractivity (Wildman–Crippen MR) is 110 cm³/mol. The molecule has 0 saturated carbocycles. The van der Waals surface area contributed by atoms with Crippen molar-refractivity contribution < 1.29 is 23.5 Å². The lowest BCUT2D eigenvalue weighted by atomic mass is 10.00. The minimum atomic E-state index is -0.798. The summed E-state index contributed by atoms with van der Waals surface area (Å²) >= 11 is 0. The maximum absolute atomic E-state index is 13.5. The summed E-state index contributed by atoms with van der Waals surface area (Å²) in [6.07, 6.45) is 0. The molecule has 3 aromatic carbocycles. The molecule has 1 atom stereocenters. The second-order valence-corrected chi connectivity index (χ2v) is 6.68. The Hall–Kier alpha value is -3.74. The van der Waals surface area contributed by atoms with Crippen LogP contribution in [0.4, 0.5) is 4.39 Å². The number of benzene rings is 3. The van der Waals surface area contributed by atoms with Gasteiger partial charge in [-0.25, -0.2) is 4.39 Å². The number of halogens is 1. The van der Waals surface area contributed by atoms with Gasteiger partial charge in [-0.15, -0.1) is 0 Å². The Balaban J connectivity index is 1.47. The van der Waals surface area contributed by atoms with Crippen molar-refractivity contribution in [3.05, 3.63) is 83.7 Å². The van der Waals surface area contributed by atoms with Gasteiger partial charge in [0.15, 0.2) is 6.61 Å². The summed E-state index contributed by atoms with van der Waals surface area (Å²) < 4.78 is 18.4. The van der Waals surface area contributed by atoms with Crippen molar-refractivity contribution in [3.8, 4) is 0 Å².